The van der Waals surface area contributed by atoms with Gasteiger partial charge in [-0.15, -0.1) is 0 Å². The Bertz CT molecular complexity index is 308. The van der Waals surface area contributed by atoms with E-state index >= 15 is 0 Å². The van der Waals surface area contributed by atoms with Gasteiger partial charge in [0.05, 0.1) is 19.8 Å². The molecule has 1 aromatic carbocycles. The maximum absolute atomic E-state index is 5.35. The van der Waals surface area contributed by atoms with Gasteiger partial charge in [-0.1, -0.05) is 18.2 Å². The van der Waals surface area contributed by atoms with Crippen molar-refractivity contribution in [2.45, 2.75) is 13.1 Å². The molecule has 1 aromatic rings. The van der Waals surface area contributed by atoms with E-state index < -0.39 is 0 Å². The Balaban J connectivity index is 1.96. The molecule has 0 saturated carbocycles. The molecule has 1 fully saturated rings. The van der Waals surface area contributed by atoms with E-state index in [2.05, 4.69) is 30.0 Å². The summed E-state index contributed by atoms with van der Waals surface area (Å²) in [5.74, 6) is 0. The fourth-order valence-electron chi connectivity index (χ4n) is 2.02. The molecule has 0 unspecified atom stereocenters. The normalized spacial score (nSPS) is 17.9. The number of morpholine rings is 1. The molecule has 1 heterocycles. The fourth-order valence-corrected chi connectivity index (χ4v) is 2.02. The Kier molecular flexibility index (Phi) is 3.72. The van der Waals surface area contributed by atoms with Gasteiger partial charge in [0, 0.05) is 11.1 Å². The number of nitrogens with one attached hydrogen (secondary N) is 1. The Labute approximate surface area is 90.8 Å². The van der Waals surface area contributed by atoms with Crippen LogP contribution in [0.5, 0.6) is 0 Å². The molecule has 0 aromatic heterocycles. The van der Waals surface area contributed by atoms with Crippen molar-refractivity contribution in [2.75, 3.05) is 26.3 Å². The van der Waals surface area contributed by atoms with Crippen molar-refractivity contribution >= 4 is 0 Å². The highest BCUT2D eigenvalue weighted by Gasteiger charge is 2.13. The number of ether oxygens (including phenoxy) is 1. The number of benzene rings is 1. The fraction of sp³-hybridized carbons (Fsp3) is 0.500. The molecule has 0 atom stereocenters. The van der Waals surface area contributed by atoms with Crippen molar-refractivity contribution in [1.82, 2.24) is 0 Å². The van der Waals surface area contributed by atoms with E-state index in [9.17, 15) is 0 Å². The van der Waals surface area contributed by atoms with Gasteiger partial charge >= 0.3 is 0 Å². The van der Waals surface area contributed by atoms with Crippen LogP contribution in [0, 0.1) is 0 Å². The number of hydrogen-bond donors (Lipinski definition) is 2. The Morgan fingerprint density at radius 2 is 1.93 bits per heavy atom. The molecule has 2 rings (SSSR count). The second-order valence-electron chi connectivity index (χ2n) is 4.11. The Hall–Kier alpha value is -0.900. The standard InChI is InChI=1S/C12H18N2O/c13-9-11-2-1-3-12(8-11)10-14-4-6-15-7-5-14/h1-3,8H,4-7,9-10,13H2/p+2. The third-order valence-corrected chi connectivity index (χ3v) is 2.93. The van der Waals surface area contributed by atoms with Gasteiger partial charge in [-0.25, -0.2) is 0 Å². The van der Waals surface area contributed by atoms with Gasteiger partial charge in [-0.05, 0) is 6.07 Å². The molecule has 1 aliphatic heterocycles. The summed E-state index contributed by atoms with van der Waals surface area (Å²) in [6.07, 6.45) is 0. The van der Waals surface area contributed by atoms with Crippen LogP contribution in [0.4, 0.5) is 0 Å². The lowest BCUT2D eigenvalue weighted by Gasteiger charge is -2.23. The molecule has 1 aliphatic rings. The van der Waals surface area contributed by atoms with Crippen molar-refractivity contribution < 1.29 is 15.4 Å². The van der Waals surface area contributed by atoms with Gasteiger partial charge in [0.15, 0.2) is 0 Å². The van der Waals surface area contributed by atoms with Gasteiger partial charge in [0.1, 0.15) is 19.6 Å². The maximum atomic E-state index is 5.35. The first kappa shape index (κ1) is 10.6. The minimum absolute atomic E-state index is 0.881. The van der Waals surface area contributed by atoms with Crippen LogP contribution in [0.3, 0.4) is 0 Å². The van der Waals surface area contributed by atoms with Gasteiger partial charge in [0.2, 0.25) is 0 Å². The van der Waals surface area contributed by atoms with E-state index in [-0.39, 0.29) is 0 Å². The zero-order valence-electron chi connectivity index (χ0n) is 9.17. The van der Waals surface area contributed by atoms with Crippen molar-refractivity contribution in [3.05, 3.63) is 35.4 Å². The SMILES string of the molecule is [NH3+]Cc1cccc(C[NH+]2CCOCC2)c1. The molecule has 0 amide bonds. The summed E-state index contributed by atoms with van der Waals surface area (Å²) in [7, 11) is 0. The summed E-state index contributed by atoms with van der Waals surface area (Å²) >= 11 is 0. The van der Waals surface area contributed by atoms with Crippen LogP contribution >= 0.6 is 0 Å². The van der Waals surface area contributed by atoms with Crippen molar-refractivity contribution in [3.8, 4) is 0 Å². The van der Waals surface area contributed by atoms with E-state index in [0.29, 0.717) is 0 Å². The van der Waals surface area contributed by atoms with E-state index in [0.717, 1.165) is 39.4 Å². The van der Waals surface area contributed by atoms with Crippen LogP contribution in [0.2, 0.25) is 0 Å². The zero-order valence-corrected chi connectivity index (χ0v) is 9.17. The largest absolute Gasteiger partial charge is 0.370 e. The quantitative estimate of drug-likeness (QED) is 0.647. The smallest absolute Gasteiger partial charge is 0.103 e. The minimum atomic E-state index is 0.881. The molecule has 15 heavy (non-hydrogen) atoms. The lowest BCUT2D eigenvalue weighted by atomic mass is 10.1. The van der Waals surface area contributed by atoms with Crippen LogP contribution in [0.25, 0.3) is 0 Å². The topological polar surface area (TPSA) is 41.3 Å². The van der Waals surface area contributed by atoms with Gasteiger partial charge in [-0.3, -0.25) is 0 Å². The Morgan fingerprint density at radius 1 is 1.20 bits per heavy atom. The summed E-state index contributed by atoms with van der Waals surface area (Å²) in [5, 5.41) is 0. The zero-order chi connectivity index (χ0) is 10.5. The summed E-state index contributed by atoms with van der Waals surface area (Å²) in [6, 6.07) is 8.76. The second kappa shape index (κ2) is 5.26. The predicted octanol–water partition coefficient (Wildman–Crippen LogP) is -1.16. The van der Waals surface area contributed by atoms with E-state index in [4.69, 9.17) is 4.74 Å². The lowest BCUT2D eigenvalue weighted by Crippen LogP contribution is -3.12. The summed E-state index contributed by atoms with van der Waals surface area (Å²) < 4.78 is 5.35. The Morgan fingerprint density at radius 3 is 2.67 bits per heavy atom. The molecular formula is C12H20N2O+2. The van der Waals surface area contributed by atoms with Crippen LogP contribution in [-0.2, 0) is 17.8 Å². The van der Waals surface area contributed by atoms with Crippen LogP contribution < -0.4 is 10.6 Å². The molecule has 1 saturated heterocycles. The van der Waals surface area contributed by atoms with E-state index in [1.807, 2.05) is 0 Å². The summed E-state index contributed by atoms with van der Waals surface area (Å²) in [6.45, 7) is 6.08. The first-order valence-electron chi connectivity index (χ1n) is 5.67. The third-order valence-electron chi connectivity index (χ3n) is 2.93. The van der Waals surface area contributed by atoms with Gasteiger partial charge in [-0.2, -0.15) is 0 Å². The van der Waals surface area contributed by atoms with Crippen LogP contribution in [0.15, 0.2) is 24.3 Å². The number of rotatable bonds is 3. The monoisotopic (exact) mass is 208 g/mol. The predicted molar refractivity (Wildman–Crippen MR) is 58.3 cm³/mol. The van der Waals surface area contributed by atoms with E-state index in [1.165, 1.54) is 11.1 Å². The second-order valence-corrected chi connectivity index (χ2v) is 4.11. The van der Waals surface area contributed by atoms with Gasteiger partial charge < -0.3 is 15.4 Å². The maximum Gasteiger partial charge on any atom is 0.103 e. The summed E-state index contributed by atoms with van der Waals surface area (Å²) in [5.41, 5.74) is 6.67. The van der Waals surface area contributed by atoms with Crippen LogP contribution in [0.1, 0.15) is 11.1 Å². The molecule has 3 heteroatoms. The highest BCUT2D eigenvalue weighted by molar-refractivity contribution is 5.21. The molecule has 0 radical (unpaired) electrons. The minimum Gasteiger partial charge on any atom is -0.370 e. The average molecular weight is 208 g/mol. The van der Waals surface area contributed by atoms with Crippen molar-refractivity contribution in [3.63, 3.8) is 0 Å². The third kappa shape index (κ3) is 3.02. The highest BCUT2D eigenvalue weighted by atomic mass is 16.5. The summed E-state index contributed by atoms with van der Waals surface area (Å²) in [4.78, 5) is 1.63. The molecule has 0 aliphatic carbocycles. The average Bonchev–Trinajstić information content (AvgIpc) is 2.31. The number of quaternary nitrogens is 2. The highest BCUT2D eigenvalue weighted by Crippen LogP contribution is 2.02. The van der Waals surface area contributed by atoms with Crippen molar-refractivity contribution in [2.24, 2.45) is 0 Å². The van der Waals surface area contributed by atoms with E-state index in [1.54, 1.807) is 4.90 Å². The molecule has 4 N–H and O–H groups in total. The molecular weight excluding hydrogens is 188 g/mol. The van der Waals surface area contributed by atoms with Gasteiger partial charge in [0.25, 0.3) is 0 Å². The first-order chi connectivity index (χ1) is 7.38. The molecule has 3 nitrogen and oxygen atoms in total. The number of hydrogen-bond acceptors (Lipinski definition) is 1. The lowest BCUT2D eigenvalue weighted by molar-refractivity contribution is -0.921. The molecule has 0 bridgehead atoms. The first-order valence-corrected chi connectivity index (χ1v) is 5.67. The molecule has 82 valence electrons. The van der Waals surface area contributed by atoms with Crippen LogP contribution in [-0.4, -0.2) is 26.3 Å². The van der Waals surface area contributed by atoms with Crippen molar-refractivity contribution in [1.29, 1.82) is 0 Å². The molecule has 0 spiro atoms.